The van der Waals surface area contributed by atoms with E-state index in [4.69, 9.17) is 0 Å². The van der Waals surface area contributed by atoms with E-state index >= 15 is 0 Å². The van der Waals surface area contributed by atoms with Crippen LogP contribution in [-0.4, -0.2) is 0 Å². The Morgan fingerprint density at radius 1 is 0.722 bits per heavy atom. The second-order valence-corrected chi connectivity index (χ2v) is 3.93. The Hall–Kier alpha value is 0.154. The molecule has 105 valence electrons. The van der Waals surface area contributed by atoms with Crippen molar-refractivity contribution < 1.29 is 55.8 Å². The summed E-state index contributed by atoms with van der Waals surface area (Å²) >= 11 is 0. The molecule has 18 heavy (non-hydrogen) atoms. The fourth-order valence-electron chi connectivity index (χ4n) is 1.44. The van der Waals surface area contributed by atoms with Gasteiger partial charge in [0.1, 0.15) is 0 Å². The molecule has 0 saturated heterocycles. The molecule has 2 aromatic carbocycles. The van der Waals surface area contributed by atoms with Gasteiger partial charge in [0.15, 0.2) is 0 Å². The van der Waals surface area contributed by atoms with Gasteiger partial charge in [-0.3, -0.25) is 0 Å². The van der Waals surface area contributed by atoms with Crippen molar-refractivity contribution in [2.24, 2.45) is 0 Å². The summed E-state index contributed by atoms with van der Waals surface area (Å²) in [5.74, 6) is 0. The summed E-state index contributed by atoms with van der Waals surface area (Å²) in [6.07, 6.45) is 0. The molecule has 0 aromatic heterocycles. The standard InChI is InChI=1S/2C7H9.3ClH.V/c2*1-6-3-4-7(2)5-6;;;;/h2*3-5H,1-2H3;3*1H;/q2*-1;;;;/p-3. The van der Waals surface area contributed by atoms with Gasteiger partial charge in [-0.1, -0.05) is 27.7 Å². The molecule has 0 aliphatic carbocycles. The maximum absolute atomic E-state index is 2.17. The van der Waals surface area contributed by atoms with Gasteiger partial charge in [0.25, 0.3) is 0 Å². The molecule has 0 bridgehead atoms. The van der Waals surface area contributed by atoms with Crippen molar-refractivity contribution in [1.82, 2.24) is 0 Å². The van der Waals surface area contributed by atoms with E-state index in [1.807, 2.05) is 0 Å². The van der Waals surface area contributed by atoms with E-state index in [0.29, 0.717) is 0 Å². The van der Waals surface area contributed by atoms with Gasteiger partial charge in [-0.15, -0.1) is 0 Å². The third-order valence-electron chi connectivity index (χ3n) is 2.13. The van der Waals surface area contributed by atoms with E-state index in [2.05, 4.69) is 64.1 Å². The molecule has 0 fully saturated rings. The van der Waals surface area contributed by atoms with Crippen LogP contribution in [0.2, 0.25) is 0 Å². The summed E-state index contributed by atoms with van der Waals surface area (Å²) in [7, 11) is 0. The van der Waals surface area contributed by atoms with E-state index < -0.39 is 0 Å². The third kappa shape index (κ3) is 11.3. The third-order valence-corrected chi connectivity index (χ3v) is 2.13. The second kappa shape index (κ2) is 13.6. The summed E-state index contributed by atoms with van der Waals surface area (Å²) < 4.78 is 0. The average Bonchev–Trinajstić information content (AvgIpc) is 2.63. The predicted molar refractivity (Wildman–Crippen MR) is 63.0 cm³/mol. The SMILES string of the molecule is Cc1cc[c-](C)c1.Cc1cc[c-](C)c1.[Cl-].[Cl-].[Cl-].[V]. The van der Waals surface area contributed by atoms with Crippen molar-refractivity contribution in [3.63, 3.8) is 0 Å². The van der Waals surface area contributed by atoms with Gasteiger partial charge >= 0.3 is 0 Å². The number of hydrogen-bond acceptors (Lipinski definition) is 0. The Kier molecular flexibility index (Phi) is 20.1. The van der Waals surface area contributed by atoms with E-state index in [1.54, 1.807) is 0 Å². The van der Waals surface area contributed by atoms with Crippen molar-refractivity contribution >= 4 is 0 Å². The van der Waals surface area contributed by atoms with Gasteiger partial charge in [0, 0.05) is 18.6 Å². The van der Waals surface area contributed by atoms with Crippen LogP contribution < -0.4 is 37.2 Å². The van der Waals surface area contributed by atoms with Crippen LogP contribution in [0.25, 0.3) is 0 Å². The van der Waals surface area contributed by atoms with Crippen LogP contribution in [0.1, 0.15) is 22.3 Å². The molecule has 2 rings (SSSR count). The van der Waals surface area contributed by atoms with Crippen molar-refractivity contribution in [3.8, 4) is 0 Å². The summed E-state index contributed by atoms with van der Waals surface area (Å²) in [5, 5.41) is 0. The second-order valence-electron chi connectivity index (χ2n) is 3.93. The molecule has 4 heteroatoms. The minimum Gasteiger partial charge on any atom is -1.00 e. The van der Waals surface area contributed by atoms with Crippen LogP contribution >= 0.6 is 0 Å². The predicted octanol–water partition coefficient (Wildman–Crippen LogP) is -4.95. The normalized spacial score (nSPS) is 7.33. The van der Waals surface area contributed by atoms with Crippen LogP contribution in [0.4, 0.5) is 0 Å². The van der Waals surface area contributed by atoms with Gasteiger partial charge in [-0.05, 0) is 0 Å². The minimum atomic E-state index is 0. The zero-order valence-corrected chi connectivity index (χ0v) is 14.7. The van der Waals surface area contributed by atoms with Crippen LogP contribution in [0.15, 0.2) is 36.4 Å². The number of aryl methyl sites for hydroxylation is 4. The van der Waals surface area contributed by atoms with Crippen molar-refractivity contribution in [2.45, 2.75) is 27.7 Å². The van der Waals surface area contributed by atoms with Gasteiger partial charge in [0.05, 0.1) is 0 Å². The Morgan fingerprint density at radius 2 is 1.00 bits per heavy atom. The molecule has 0 aliphatic rings. The van der Waals surface area contributed by atoms with Crippen LogP contribution in [0.5, 0.6) is 0 Å². The largest absolute Gasteiger partial charge is 1.00 e. The first-order chi connectivity index (χ1) is 6.58. The molecule has 0 N–H and O–H groups in total. The molecule has 0 aliphatic heterocycles. The van der Waals surface area contributed by atoms with Crippen molar-refractivity contribution in [3.05, 3.63) is 58.7 Å². The fraction of sp³-hybridized carbons (Fsp3) is 0.286. The summed E-state index contributed by atoms with van der Waals surface area (Å²) in [6, 6.07) is 12.8. The van der Waals surface area contributed by atoms with E-state index in [9.17, 15) is 0 Å². The Labute approximate surface area is 141 Å². The molecule has 0 unspecified atom stereocenters. The van der Waals surface area contributed by atoms with Crippen LogP contribution in [0.3, 0.4) is 0 Å². The van der Waals surface area contributed by atoms with Crippen LogP contribution in [-0.2, 0) is 18.6 Å². The number of rotatable bonds is 0. The summed E-state index contributed by atoms with van der Waals surface area (Å²) in [4.78, 5) is 0. The fourth-order valence-corrected chi connectivity index (χ4v) is 1.44. The molecule has 0 atom stereocenters. The average molecular weight is 344 g/mol. The minimum absolute atomic E-state index is 0. The molecule has 0 saturated carbocycles. The maximum Gasteiger partial charge on any atom is 0 e. The van der Waals surface area contributed by atoms with E-state index in [0.717, 1.165) is 0 Å². The van der Waals surface area contributed by atoms with Gasteiger partial charge in [-0.25, -0.2) is 23.3 Å². The molecular weight excluding hydrogens is 325 g/mol. The van der Waals surface area contributed by atoms with Crippen molar-refractivity contribution in [2.75, 3.05) is 0 Å². The number of hydrogen-bond donors (Lipinski definition) is 0. The number of halogens is 3. The van der Waals surface area contributed by atoms with E-state index in [1.165, 1.54) is 22.3 Å². The smallest absolute Gasteiger partial charge is 0 e. The molecule has 1 radical (unpaired) electrons. The summed E-state index contributed by atoms with van der Waals surface area (Å²) in [6.45, 7) is 8.42. The molecule has 0 heterocycles. The molecule has 2 aromatic rings. The topological polar surface area (TPSA) is 0 Å². The molecule has 0 nitrogen and oxygen atoms in total. The monoisotopic (exact) mass is 342 g/mol. The van der Waals surface area contributed by atoms with Gasteiger partial charge in [-0.2, -0.15) is 35.4 Å². The quantitative estimate of drug-likeness (QED) is 0.421. The summed E-state index contributed by atoms with van der Waals surface area (Å²) in [5.41, 5.74) is 5.44. The van der Waals surface area contributed by atoms with E-state index in [-0.39, 0.29) is 55.8 Å². The molecule has 0 spiro atoms. The molecular formula is C14H18Cl3V-5. The Bertz CT molecular complexity index is 320. The first kappa shape index (κ1) is 26.7. The van der Waals surface area contributed by atoms with Gasteiger partial charge < -0.3 is 37.2 Å². The molecule has 0 amide bonds. The van der Waals surface area contributed by atoms with Crippen molar-refractivity contribution in [1.29, 1.82) is 0 Å². The first-order valence-electron chi connectivity index (χ1n) is 4.98. The maximum atomic E-state index is 2.17. The first-order valence-corrected chi connectivity index (χ1v) is 4.98. The van der Waals surface area contributed by atoms with Crippen LogP contribution in [0, 0.1) is 27.7 Å². The zero-order chi connectivity index (χ0) is 10.6. The van der Waals surface area contributed by atoms with Gasteiger partial charge in [0.2, 0.25) is 0 Å². The Morgan fingerprint density at radius 3 is 1.06 bits per heavy atom. The zero-order valence-electron chi connectivity index (χ0n) is 11.0. The Balaban J connectivity index is -0.0000000891.